The third-order valence-corrected chi connectivity index (χ3v) is 5.16. The molecule has 1 unspecified atom stereocenters. The van der Waals surface area contributed by atoms with E-state index in [9.17, 15) is 14.4 Å². The minimum atomic E-state index is -0.456. The maximum Gasteiger partial charge on any atom is 0.407 e. The molecule has 0 saturated carbocycles. The lowest BCUT2D eigenvalue weighted by atomic mass is 9.95. The van der Waals surface area contributed by atoms with E-state index in [1.54, 1.807) is 6.92 Å². The summed E-state index contributed by atoms with van der Waals surface area (Å²) in [7, 11) is 0. The Labute approximate surface area is 146 Å². The predicted octanol–water partition coefficient (Wildman–Crippen LogP) is 0.810. The van der Waals surface area contributed by atoms with Gasteiger partial charge in [0.1, 0.15) is 5.60 Å². The van der Waals surface area contributed by atoms with Gasteiger partial charge in [0.05, 0.1) is 6.54 Å². The normalized spacial score (nSPS) is 23.3. The summed E-state index contributed by atoms with van der Waals surface area (Å²) >= 11 is 0. The SMILES string of the molecule is Cc1nc(=O)[nH]c(C)c1CCC(=O)N1CCCC2(CC1)CNC(=O)O2. The number of likely N-dealkylation sites (tertiary alicyclic amines) is 1. The molecule has 0 radical (unpaired) electrons. The highest BCUT2D eigenvalue weighted by Crippen LogP contribution is 2.29. The van der Waals surface area contributed by atoms with E-state index < -0.39 is 5.60 Å². The van der Waals surface area contributed by atoms with Crippen molar-refractivity contribution < 1.29 is 14.3 Å². The molecule has 2 N–H and O–H groups in total. The van der Waals surface area contributed by atoms with Crippen LogP contribution in [0.4, 0.5) is 4.79 Å². The molecular formula is C17H24N4O4. The predicted molar refractivity (Wildman–Crippen MR) is 90.3 cm³/mol. The van der Waals surface area contributed by atoms with Gasteiger partial charge in [0, 0.05) is 37.3 Å². The highest BCUT2D eigenvalue weighted by atomic mass is 16.6. The molecule has 1 aromatic heterocycles. The third kappa shape index (κ3) is 3.83. The fraction of sp³-hybridized carbons (Fsp3) is 0.647. The van der Waals surface area contributed by atoms with Gasteiger partial charge in [-0.2, -0.15) is 4.98 Å². The molecule has 0 aromatic carbocycles. The number of amides is 2. The summed E-state index contributed by atoms with van der Waals surface area (Å²) in [5, 5.41) is 2.71. The molecule has 1 spiro atoms. The second kappa shape index (κ2) is 6.85. The van der Waals surface area contributed by atoms with Gasteiger partial charge < -0.3 is 19.9 Å². The number of hydrogen-bond donors (Lipinski definition) is 2. The number of carbonyl (C=O) groups excluding carboxylic acids is 2. The van der Waals surface area contributed by atoms with E-state index in [1.165, 1.54) is 0 Å². The Morgan fingerprint density at radius 3 is 2.76 bits per heavy atom. The first-order valence-electron chi connectivity index (χ1n) is 8.70. The molecule has 8 nitrogen and oxygen atoms in total. The molecule has 2 saturated heterocycles. The fourth-order valence-electron chi connectivity index (χ4n) is 3.71. The minimum Gasteiger partial charge on any atom is -0.441 e. The first kappa shape index (κ1) is 17.4. The first-order chi connectivity index (χ1) is 11.9. The molecule has 2 amide bonds. The number of rotatable bonds is 3. The summed E-state index contributed by atoms with van der Waals surface area (Å²) in [5.74, 6) is 0.0827. The molecule has 136 valence electrons. The number of nitrogens with zero attached hydrogens (tertiary/aromatic N) is 2. The number of ether oxygens (including phenoxy) is 1. The lowest BCUT2D eigenvalue weighted by Crippen LogP contribution is -2.36. The number of H-pyrrole nitrogens is 1. The average molecular weight is 348 g/mol. The molecule has 0 bridgehead atoms. The molecule has 1 atom stereocenters. The Balaban J connectivity index is 1.59. The van der Waals surface area contributed by atoms with Gasteiger partial charge in [-0.3, -0.25) is 4.79 Å². The molecule has 1 aromatic rings. The number of aromatic nitrogens is 2. The van der Waals surface area contributed by atoms with Gasteiger partial charge >= 0.3 is 11.8 Å². The quantitative estimate of drug-likeness (QED) is 0.841. The van der Waals surface area contributed by atoms with Crippen LogP contribution in [-0.4, -0.2) is 52.1 Å². The Morgan fingerprint density at radius 2 is 2.08 bits per heavy atom. The maximum atomic E-state index is 12.6. The van der Waals surface area contributed by atoms with E-state index in [-0.39, 0.29) is 17.7 Å². The van der Waals surface area contributed by atoms with Gasteiger partial charge in [-0.15, -0.1) is 0 Å². The molecule has 2 aliphatic heterocycles. The number of nitrogens with one attached hydrogen (secondary N) is 2. The third-order valence-electron chi connectivity index (χ3n) is 5.16. The van der Waals surface area contributed by atoms with Gasteiger partial charge in [-0.1, -0.05) is 0 Å². The van der Waals surface area contributed by atoms with E-state index in [0.29, 0.717) is 44.6 Å². The van der Waals surface area contributed by atoms with E-state index in [2.05, 4.69) is 15.3 Å². The van der Waals surface area contributed by atoms with Crippen molar-refractivity contribution in [2.45, 2.75) is 51.6 Å². The number of aryl methyl sites for hydroxylation is 2. The van der Waals surface area contributed by atoms with Crippen molar-refractivity contribution in [3.8, 4) is 0 Å². The highest BCUT2D eigenvalue weighted by molar-refractivity contribution is 5.76. The van der Waals surface area contributed by atoms with Crippen LogP contribution in [0.3, 0.4) is 0 Å². The van der Waals surface area contributed by atoms with Gasteiger partial charge in [-0.25, -0.2) is 9.59 Å². The summed E-state index contributed by atoms with van der Waals surface area (Å²) < 4.78 is 5.44. The smallest absolute Gasteiger partial charge is 0.407 e. The zero-order chi connectivity index (χ0) is 18.0. The Hall–Kier alpha value is -2.38. The van der Waals surface area contributed by atoms with Crippen molar-refractivity contribution in [1.82, 2.24) is 20.2 Å². The zero-order valence-electron chi connectivity index (χ0n) is 14.7. The highest BCUT2D eigenvalue weighted by Gasteiger charge is 2.41. The minimum absolute atomic E-state index is 0.0827. The van der Waals surface area contributed by atoms with Crippen molar-refractivity contribution in [1.29, 1.82) is 0 Å². The monoisotopic (exact) mass is 348 g/mol. The number of aromatic amines is 1. The van der Waals surface area contributed by atoms with E-state index in [4.69, 9.17) is 4.74 Å². The van der Waals surface area contributed by atoms with Crippen LogP contribution in [0.2, 0.25) is 0 Å². The molecule has 25 heavy (non-hydrogen) atoms. The Kier molecular flexibility index (Phi) is 4.78. The van der Waals surface area contributed by atoms with Crippen molar-refractivity contribution in [2.24, 2.45) is 0 Å². The van der Waals surface area contributed by atoms with Crippen LogP contribution >= 0.6 is 0 Å². The molecule has 0 aliphatic carbocycles. The summed E-state index contributed by atoms with van der Waals surface area (Å²) in [6.07, 6.45) is 2.82. The molecule has 2 aliphatic rings. The molecule has 3 rings (SSSR count). The largest absolute Gasteiger partial charge is 0.441 e. The Bertz CT molecular complexity index is 718. The van der Waals surface area contributed by atoms with Crippen molar-refractivity contribution in [3.05, 3.63) is 27.4 Å². The summed E-state index contributed by atoms with van der Waals surface area (Å²) in [6.45, 7) is 5.41. The standard InChI is InChI=1S/C17H24N4O4/c1-11-13(12(2)20-15(23)19-11)4-5-14(22)21-8-3-6-17(7-9-21)10-18-16(24)25-17/h3-10H2,1-2H3,(H,18,24)(H,19,20,23). The molecule has 2 fully saturated rings. The second-order valence-corrected chi connectivity index (χ2v) is 6.89. The van der Waals surface area contributed by atoms with Crippen LogP contribution in [0.1, 0.15) is 42.6 Å². The van der Waals surface area contributed by atoms with Crippen molar-refractivity contribution >= 4 is 12.0 Å². The van der Waals surface area contributed by atoms with Crippen molar-refractivity contribution in [3.63, 3.8) is 0 Å². The molecule has 3 heterocycles. The first-order valence-corrected chi connectivity index (χ1v) is 8.70. The van der Waals surface area contributed by atoms with Crippen molar-refractivity contribution in [2.75, 3.05) is 19.6 Å². The van der Waals surface area contributed by atoms with Crippen LogP contribution in [0.5, 0.6) is 0 Å². The number of alkyl carbamates (subject to hydrolysis) is 1. The fourth-order valence-corrected chi connectivity index (χ4v) is 3.71. The summed E-state index contributed by atoms with van der Waals surface area (Å²) in [6, 6.07) is 0. The topological polar surface area (TPSA) is 104 Å². The van der Waals surface area contributed by atoms with Gasteiger partial charge in [0.15, 0.2) is 0 Å². The van der Waals surface area contributed by atoms with E-state index >= 15 is 0 Å². The zero-order valence-corrected chi connectivity index (χ0v) is 14.7. The Morgan fingerprint density at radius 1 is 1.28 bits per heavy atom. The molecular weight excluding hydrogens is 324 g/mol. The van der Waals surface area contributed by atoms with Gasteiger partial charge in [-0.05, 0) is 38.7 Å². The summed E-state index contributed by atoms with van der Waals surface area (Å²) in [4.78, 5) is 43.7. The maximum absolute atomic E-state index is 12.6. The van der Waals surface area contributed by atoms with E-state index in [1.807, 2.05) is 11.8 Å². The van der Waals surface area contributed by atoms with Gasteiger partial charge in [0.2, 0.25) is 5.91 Å². The van der Waals surface area contributed by atoms with E-state index in [0.717, 1.165) is 24.1 Å². The number of carbonyl (C=O) groups is 2. The average Bonchev–Trinajstić information content (AvgIpc) is 2.77. The van der Waals surface area contributed by atoms with Crippen LogP contribution in [0, 0.1) is 13.8 Å². The summed E-state index contributed by atoms with van der Waals surface area (Å²) in [5.41, 5.74) is 1.55. The lowest BCUT2D eigenvalue weighted by Gasteiger charge is -2.25. The molecule has 8 heteroatoms. The lowest BCUT2D eigenvalue weighted by molar-refractivity contribution is -0.131. The second-order valence-electron chi connectivity index (χ2n) is 6.89. The van der Waals surface area contributed by atoms with Crippen LogP contribution in [0.15, 0.2) is 4.79 Å². The van der Waals surface area contributed by atoms with Crippen LogP contribution in [0.25, 0.3) is 0 Å². The van der Waals surface area contributed by atoms with Crippen LogP contribution in [-0.2, 0) is 16.0 Å². The number of hydrogen-bond acceptors (Lipinski definition) is 5. The van der Waals surface area contributed by atoms with Crippen LogP contribution < -0.4 is 11.0 Å². The van der Waals surface area contributed by atoms with Gasteiger partial charge in [0.25, 0.3) is 0 Å².